The number of hydrazine groups is 1. The molecule has 0 aliphatic carbocycles. The summed E-state index contributed by atoms with van der Waals surface area (Å²) >= 11 is 18.6. The monoisotopic (exact) mass is 485 g/mol. The highest BCUT2D eigenvalue weighted by molar-refractivity contribution is 6.39. The second-order valence-electron chi connectivity index (χ2n) is 7.54. The molecule has 4 rings (SSSR count). The quantitative estimate of drug-likeness (QED) is 0.554. The van der Waals surface area contributed by atoms with Gasteiger partial charge in [-0.15, -0.1) is 12.4 Å². The van der Waals surface area contributed by atoms with Crippen LogP contribution in [-0.4, -0.2) is 29.7 Å². The molecular weight excluding hydrogens is 464 g/mol. The molecule has 2 atom stereocenters. The fourth-order valence-corrected chi connectivity index (χ4v) is 4.68. The number of carbonyl (C=O) groups excluding carboxylic acids is 1. The molecule has 4 nitrogen and oxygen atoms in total. The Morgan fingerprint density at radius 2 is 1.63 bits per heavy atom. The number of nitrogens with zero attached hydrogens (tertiary/aromatic N) is 2. The number of benzene rings is 2. The van der Waals surface area contributed by atoms with Crippen LogP contribution in [0.15, 0.2) is 47.5 Å². The minimum Gasteiger partial charge on any atom is -0.284 e. The average molecular weight is 487 g/mol. The van der Waals surface area contributed by atoms with Gasteiger partial charge in [0.1, 0.15) is 5.71 Å². The van der Waals surface area contributed by atoms with Crippen LogP contribution in [0.4, 0.5) is 0 Å². The summed E-state index contributed by atoms with van der Waals surface area (Å²) in [5, 5.41) is 3.81. The van der Waals surface area contributed by atoms with Crippen LogP contribution < -0.4 is 5.43 Å². The van der Waals surface area contributed by atoms with Gasteiger partial charge in [0, 0.05) is 40.5 Å². The highest BCUT2D eigenvalue weighted by Crippen LogP contribution is 2.44. The van der Waals surface area contributed by atoms with Gasteiger partial charge in [-0.1, -0.05) is 59.4 Å². The zero-order valence-corrected chi connectivity index (χ0v) is 19.4. The molecule has 0 spiro atoms. The zero-order chi connectivity index (χ0) is 20.4. The van der Waals surface area contributed by atoms with Gasteiger partial charge in [0.15, 0.2) is 0 Å². The molecule has 0 radical (unpaired) electrons. The topological polar surface area (TPSA) is 44.7 Å². The van der Waals surface area contributed by atoms with Crippen molar-refractivity contribution in [3.8, 4) is 0 Å². The maximum absolute atomic E-state index is 12.9. The first-order chi connectivity index (χ1) is 14.0. The summed E-state index contributed by atoms with van der Waals surface area (Å²) in [6, 6.07) is 12.9. The fraction of sp³-hybridized carbons (Fsp3) is 0.364. The fourth-order valence-electron chi connectivity index (χ4n) is 4.03. The van der Waals surface area contributed by atoms with Gasteiger partial charge in [-0.2, -0.15) is 0 Å². The van der Waals surface area contributed by atoms with Crippen molar-refractivity contribution < 1.29 is 4.79 Å². The molecule has 0 bridgehead atoms. The number of halogens is 4. The maximum Gasteiger partial charge on any atom is 0.279 e. The Hall–Kier alpha value is -1.30. The van der Waals surface area contributed by atoms with E-state index in [1.54, 1.807) is 6.07 Å². The van der Waals surface area contributed by atoms with Crippen LogP contribution in [-0.2, 0) is 4.79 Å². The predicted molar refractivity (Wildman–Crippen MR) is 126 cm³/mol. The number of nitrogens with one attached hydrogen (secondary N) is 1. The average Bonchev–Trinajstić information content (AvgIpc) is 3.14. The van der Waals surface area contributed by atoms with Crippen molar-refractivity contribution in [3.63, 3.8) is 0 Å². The van der Waals surface area contributed by atoms with E-state index >= 15 is 0 Å². The SMILES string of the molecule is Cl.O=C(NN1CCCCC1)C1=NC(c2ccc(Cl)cc2Cl)[C@@H](c2ccc(Cl)cc2)C1. The minimum absolute atomic E-state index is 0. The predicted octanol–water partition coefficient (Wildman–Crippen LogP) is 6.26. The van der Waals surface area contributed by atoms with Crippen molar-refractivity contribution in [2.24, 2.45) is 4.99 Å². The molecule has 1 fully saturated rings. The molecule has 2 aliphatic heterocycles. The van der Waals surface area contributed by atoms with Crippen molar-refractivity contribution in [1.29, 1.82) is 0 Å². The minimum atomic E-state index is -0.247. The van der Waals surface area contributed by atoms with Gasteiger partial charge >= 0.3 is 0 Å². The second-order valence-corrected chi connectivity index (χ2v) is 8.82. The Morgan fingerprint density at radius 3 is 2.30 bits per heavy atom. The molecule has 1 amide bonds. The van der Waals surface area contributed by atoms with Crippen molar-refractivity contribution in [3.05, 3.63) is 68.7 Å². The molecule has 2 aromatic rings. The zero-order valence-electron chi connectivity index (χ0n) is 16.3. The van der Waals surface area contributed by atoms with E-state index in [9.17, 15) is 4.79 Å². The molecule has 8 heteroatoms. The lowest BCUT2D eigenvalue weighted by molar-refractivity contribution is -0.119. The Labute approximate surface area is 198 Å². The molecule has 2 aromatic carbocycles. The number of hydrogen-bond acceptors (Lipinski definition) is 3. The third-order valence-electron chi connectivity index (χ3n) is 5.55. The van der Waals surface area contributed by atoms with Crippen LogP contribution in [0.3, 0.4) is 0 Å². The maximum atomic E-state index is 12.9. The number of amides is 1. The van der Waals surface area contributed by atoms with E-state index in [1.165, 1.54) is 6.42 Å². The van der Waals surface area contributed by atoms with Crippen molar-refractivity contribution in [2.45, 2.75) is 37.6 Å². The summed E-state index contributed by atoms with van der Waals surface area (Å²) in [6.07, 6.45) is 3.96. The summed E-state index contributed by atoms with van der Waals surface area (Å²) in [4.78, 5) is 17.7. The first-order valence-corrected chi connectivity index (χ1v) is 11.0. The van der Waals surface area contributed by atoms with Gasteiger partial charge in [0.05, 0.1) is 6.04 Å². The van der Waals surface area contributed by atoms with Gasteiger partial charge in [0.25, 0.3) is 5.91 Å². The van der Waals surface area contributed by atoms with E-state index in [-0.39, 0.29) is 30.3 Å². The normalized spacial score (nSPS) is 21.6. The van der Waals surface area contributed by atoms with E-state index < -0.39 is 0 Å². The van der Waals surface area contributed by atoms with E-state index in [2.05, 4.69) is 5.43 Å². The lowest BCUT2D eigenvalue weighted by atomic mass is 9.86. The highest BCUT2D eigenvalue weighted by Gasteiger charge is 2.36. The molecule has 30 heavy (non-hydrogen) atoms. The summed E-state index contributed by atoms with van der Waals surface area (Å²) in [5.74, 6) is -0.119. The summed E-state index contributed by atoms with van der Waals surface area (Å²) in [7, 11) is 0. The summed E-state index contributed by atoms with van der Waals surface area (Å²) in [6.45, 7) is 1.76. The van der Waals surface area contributed by atoms with Crippen LogP contribution in [0.1, 0.15) is 48.8 Å². The number of aliphatic imine (C=N–C) groups is 1. The molecule has 160 valence electrons. The lowest BCUT2D eigenvalue weighted by Crippen LogP contribution is -2.47. The van der Waals surface area contributed by atoms with Crippen LogP contribution in [0.5, 0.6) is 0 Å². The van der Waals surface area contributed by atoms with E-state index in [0.717, 1.165) is 37.1 Å². The molecule has 1 saturated heterocycles. The van der Waals surface area contributed by atoms with Crippen LogP contribution >= 0.6 is 47.2 Å². The molecule has 0 aromatic heterocycles. The number of hydrogen-bond donors (Lipinski definition) is 1. The molecule has 1 N–H and O–H groups in total. The molecule has 2 aliphatic rings. The third-order valence-corrected chi connectivity index (χ3v) is 6.36. The van der Waals surface area contributed by atoms with Crippen LogP contribution in [0.2, 0.25) is 15.1 Å². The Bertz CT molecular complexity index is 926. The van der Waals surface area contributed by atoms with Crippen LogP contribution in [0, 0.1) is 0 Å². The largest absolute Gasteiger partial charge is 0.284 e. The molecule has 0 saturated carbocycles. The van der Waals surface area contributed by atoms with Crippen molar-refractivity contribution in [2.75, 3.05) is 13.1 Å². The Kier molecular flexibility index (Phi) is 8.05. The van der Waals surface area contributed by atoms with E-state index in [1.807, 2.05) is 41.4 Å². The first kappa shape index (κ1) is 23.4. The Balaban J connectivity index is 0.00000256. The third kappa shape index (κ3) is 5.30. The van der Waals surface area contributed by atoms with E-state index in [4.69, 9.17) is 39.8 Å². The molecular formula is C22H23Cl4N3O. The lowest BCUT2D eigenvalue weighted by Gasteiger charge is -2.26. The van der Waals surface area contributed by atoms with Gasteiger partial charge in [-0.05, 0) is 48.2 Å². The Morgan fingerprint density at radius 1 is 0.967 bits per heavy atom. The standard InChI is InChI=1S/C22H22Cl3N3O.ClH/c23-15-6-4-14(5-7-15)18-13-20(22(29)27-28-10-2-1-3-11-28)26-21(18)17-9-8-16(24)12-19(17)25;/h4-9,12,18,21H,1-3,10-11,13H2,(H,27,29);1H/t18-,21?;/m1./s1. The number of carbonyl (C=O) groups is 1. The first-order valence-electron chi connectivity index (χ1n) is 9.84. The second kappa shape index (κ2) is 10.3. The van der Waals surface area contributed by atoms with Gasteiger partial charge in [-0.25, -0.2) is 5.01 Å². The van der Waals surface area contributed by atoms with Gasteiger partial charge in [-0.3, -0.25) is 15.2 Å². The van der Waals surface area contributed by atoms with Gasteiger partial charge < -0.3 is 0 Å². The highest BCUT2D eigenvalue weighted by atomic mass is 35.5. The number of piperidine rings is 1. The van der Waals surface area contributed by atoms with Gasteiger partial charge in [0.2, 0.25) is 0 Å². The smallest absolute Gasteiger partial charge is 0.279 e. The molecule has 1 unspecified atom stereocenters. The summed E-state index contributed by atoms with van der Waals surface area (Å²) in [5.41, 5.74) is 5.52. The molecule has 2 heterocycles. The van der Waals surface area contributed by atoms with Crippen molar-refractivity contribution >= 4 is 58.8 Å². The van der Waals surface area contributed by atoms with E-state index in [0.29, 0.717) is 27.2 Å². The van der Waals surface area contributed by atoms with Crippen molar-refractivity contribution in [1.82, 2.24) is 10.4 Å². The number of rotatable bonds is 4. The summed E-state index contributed by atoms with van der Waals surface area (Å²) < 4.78 is 0. The van der Waals surface area contributed by atoms with Crippen LogP contribution in [0.25, 0.3) is 0 Å².